The number of benzene rings is 4. The second kappa shape index (κ2) is 21.6. The Bertz CT molecular complexity index is 2730. The van der Waals surface area contributed by atoms with Crippen LogP contribution in [0.5, 0.6) is 5.75 Å². The molecule has 69 heavy (non-hydrogen) atoms. The number of aliphatic hydroxyl groups is 1. The van der Waals surface area contributed by atoms with Crippen molar-refractivity contribution in [2.45, 2.75) is 91.1 Å². The molecule has 0 unspecified atom stereocenters. The summed E-state index contributed by atoms with van der Waals surface area (Å²) in [5.41, 5.74) is 6.56. The second-order valence-corrected chi connectivity index (χ2v) is 20.3. The molecule has 0 radical (unpaired) electrons. The van der Waals surface area contributed by atoms with Gasteiger partial charge in [0.15, 0.2) is 5.11 Å². The summed E-state index contributed by atoms with van der Waals surface area (Å²) in [6.07, 6.45) is 0.544. The average Bonchev–Trinajstić information content (AvgIpc) is 3.99. The van der Waals surface area contributed by atoms with Crippen molar-refractivity contribution in [3.63, 3.8) is 0 Å². The monoisotopic (exact) mass is 989 g/mol. The topological polar surface area (TPSA) is 158 Å². The highest BCUT2D eigenvalue weighted by Crippen LogP contribution is 2.39. The molecule has 3 N–H and O–H groups in total. The van der Waals surface area contributed by atoms with Crippen molar-refractivity contribution in [3.05, 3.63) is 124 Å². The Balaban J connectivity index is 0.831. The first-order valence-corrected chi connectivity index (χ1v) is 24.4. The first-order chi connectivity index (χ1) is 32.9. The number of nitrogens with zero attached hydrogens (tertiary/aromatic N) is 5. The number of anilines is 2. The van der Waals surface area contributed by atoms with Gasteiger partial charge in [-0.05, 0) is 110 Å². The largest absolute Gasteiger partial charge is 0.494 e. The molecule has 2 saturated heterocycles. The number of amides is 4. The zero-order valence-electron chi connectivity index (χ0n) is 39.5. The molecule has 3 heterocycles. The molecular formula is C52H56ClN7O7S2. The summed E-state index contributed by atoms with van der Waals surface area (Å²) in [6, 6.07) is 26.4. The maximum atomic E-state index is 14.0. The number of aryl methyl sites for hydroxylation is 1. The van der Waals surface area contributed by atoms with E-state index in [4.69, 9.17) is 39.9 Å². The summed E-state index contributed by atoms with van der Waals surface area (Å²) in [4.78, 5) is 67.6. The van der Waals surface area contributed by atoms with E-state index in [0.717, 1.165) is 38.5 Å². The Kier molecular flexibility index (Phi) is 15.9. The molecule has 2 fully saturated rings. The predicted octanol–water partition coefficient (Wildman–Crippen LogP) is 8.89. The van der Waals surface area contributed by atoms with Gasteiger partial charge in [0.25, 0.3) is 5.91 Å². The highest BCUT2D eigenvalue weighted by molar-refractivity contribution is 7.81. The number of thiocarbonyl (C=S) groups is 1. The van der Waals surface area contributed by atoms with E-state index < -0.39 is 41.0 Å². The Morgan fingerprint density at radius 1 is 0.971 bits per heavy atom. The van der Waals surface area contributed by atoms with Crippen LogP contribution in [0.1, 0.15) is 65.1 Å². The van der Waals surface area contributed by atoms with Gasteiger partial charge in [-0.15, -0.1) is 11.3 Å². The van der Waals surface area contributed by atoms with Crippen LogP contribution in [-0.4, -0.2) is 93.8 Å². The molecule has 1 aromatic heterocycles. The minimum atomic E-state index is -0.965. The molecule has 2 aliphatic heterocycles. The molecule has 4 aromatic carbocycles. The van der Waals surface area contributed by atoms with Gasteiger partial charge in [0.2, 0.25) is 23.4 Å². The maximum absolute atomic E-state index is 14.0. The molecule has 0 saturated carbocycles. The molecule has 2 aliphatic rings. The van der Waals surface area contributed by atoms with Gasteiger partial charge >= 0.3 is 0 Å². The summed E-state index contributed by atoms with van der Waals surface area (Å²) >= 11 is 13.7. The number of nitrogens with one attached hydrogen (secondary N) is 2. The molecule has 7 rings (SSSR count). The number of β-amino-alcohol motifs (C(OH)–C–C–N with tert-alkyl or cyclic N) is 1. The van der Waals surface area contributed by atoms with E-state index in [1.54, 1.807) is 29.5 Å². The summed E-state index contributed by atoms with van der Waals surface area (Å²) < 4.78 is 11.6. The lowest BCUT2D eigenvalue weighted by Crippen LogP contribution is -2.58. The molecule has 4 amide bonds. The molecule has 360 valence electrons. The minimum Gasteiger partial charge on any atom is -0.494 e. The van der Waals surface area contributed by atoms with Crippen LogP contribution in [-0.2, 0) is 30.5 Å². The van der Waals surface area contributed by atoms with Crippen LogP contribution in [0.25, 0.3) is 26.4 Å². The van der Waals surface area contributed by atoms with E-state index in [-0.39, 0.29) is 43.0 Å². The van der Waals surface area contributed by atoms with Crippen LogP contribution >= 0.6 is 35.2 Å². The molecule has 0 aliphatic carbocycles. The van der Waals surface area contributed by atoms with Crippen LogP contribution in [0.3, 0.4) is 0 Å². The van der Waals surface area contributed by atoms with E-state index in [9.17, 15) is 24.3 Å². The number of thiazole rings is 1. The van der Waals surface area contributed by atoms with Crippen molar-refractivity contribution in [1.82, 2.24) is 20.5 Å². The number of aromatic nitrogens is 1. The van der Waals surface area contributed by atoms with E-state index in [2.05, 4.69) is 20.5 Å². The van der Waals surface area contributed by atoms with Crippen LogP contribution in [0.2, 0.25) is 5.02 Å². The highest BCUT2D eigenvalue weighted by Gasteiger charge is 2.50. The number of unbranched alkanes of at least 4 members (excludes halogenated alkanes) is 1. The summed E-state index contributed by atoms with van der Waals surface area (Å²) in [5.74, 6) is -0.759. The molecule has 17 heteroatoms. The van der Waals surface area contributed by atoms with E-state index in [1.165, 1.54) is 9.80 Å². The lowest BCUT2D eigenvalue weighted by atomic mass is 9.85. The minimum absolute atomic E-state index is 0.0155. The Hall–Kier alpha value is -6.22. The molecule has 0 spiro atoms. The number of ether oxygens (including phenoxy) is 2. The zero-order chi connectivity index (χ0) is 49.6. The van der Waals surface area contributed by atoms with Gasteiger partial charge in [0, 0.05) is 36.8 Å². The third kappa shape index (κ3) is 11.6. The van der Waals surface area contributed by atoms with E-state index in [0.29, 0.717) is 48.3 Å². The third-order valence-corrected chi connectivity index (χ3v) is 13.8. The third-order valence-electron chi connectivity index (χ3n) is 12.2. The van der Waals surface area contributed by atoms with Gasteiger partial charge in [-0.25, -0.2) is 9.83 Å². The van der Waals surface area contributed by atoms with Gasteiger partial charge in [-0.1, -0.05) is 87.0 Å². The predicted molar refractivity (Wildman–Crippen MR) is 273 cm³/mol. The van der Waals surface area contributed by atoms with Crippen molar-refractivity contribution in [2.24, 2.45) is 5.41 Å². The van der Waals surface area contributed by atoms with Gasteiger partial charge in [0.05, 0.1) is 41.1 Å². The van der Waals surface area contributed by atoms with E-state index >= 15 is 0 Å². The number of hydrogen-bond acceptors (Lipinski definition) is 10. The fourth-order valence-corrected chi connectivity index (χ4v) is 9.92. The fourth-order valence-electron chi connectivity index (χ4n) is 8.37. The second-order valence-electron chi connectivity index (χ2n) is 18.7. The fraction of sp³-hybridized carbons (Fsp3) is 0.365. The average molecular weight is 991 g/mol. The first kappa shape index (κ1) is 50.7. The lowest BCUT2D eigenvalue weighted by molar-refractivity contribution is -0.144. The Morgan fingerprint density at radius 3 is 2.23 bits per heavy atom. The van der Waals surface area contributed by atoms with Crippen LogP contribution in [0, 0.1) is 18.9 Å². The number of halogens is 1. The van der Waals surface area contributed by atoms with Crippen LogP contribution in [0.15, 0.2) is 96.5 Å². The molecule has 14 nitrogen and oxygen atoms in total. The zero-order valence-corrected chi connectivity index (χ0v) is 41.8. The summed E-state index contributed by atoms with van der Waals surface area (Å²) in [7, 11) is 0. The maximum Gasteiger partial charge on any atom is 0.259 e. The highest BCUT2D eigenvalue weighted by atomic mass is 35.5. The number of rotatable bonds is 17. The number of aliphatic hydroxyl groups excluding tert-OH is 1. The van der Waals surface area contributed by atoms with Crippen molar-refractivity contribution in [2.75, 3.05) is 36.2 Å². The number of carbonyl (C=O) groups is 4. The van der Waals surface area contributed by atoms with Gasteiger partial charge in [-0.3, -0.25) is 24.1 Å². The molecule has 0 bridgehead atoms. The molecule has 3 atom stereocenters. The Labute approximate surface area is 417 Å². The summed E-state index contributed by atoms with van der Waals surface area (Å²) in [5, 5.41) is 16.9. The first-order valence-electron chi connectivity index (χ1n) is 22.7. The SMILES string of the molecule is [C-]#[N+]c1ccc(N2C(=O)C(C)(C)N(c3ccc(-c4ccc(OCCCCOCC(=O)N[C@H](C(=O)N5C[C@H](O)C[C@H]5C(=O)NCc5ccc(-c6scnc6C)cc5)C(C)(C)C)cc4)cc3)C2=S)cc1Cl. The van der Waals surface area contributed by atoms with Gasteiger partial charge in [-0.2, -0.15) is 0 Å². The van der Waals surface area contributed by atoms with Crippen molar-refractivity contribution >= 4 is 81.0 Å². The van der Waals surface area contributed by atoms with Gasteiger partial charge < -0.3 is 35.0 Å². The molecule has 5 aromatic rings. The smallest absolute Gasteiger partial charge is 0.259 e. The Morgan fingerprint density at radius 2 is 1.61 bits per heavy atom. The van der Waals surface area contributed by atoms with Crippen molar-refractivity contribution in [3.8, 4) is 27.3 Å². The van der Waals surface area contributed by atoms with Crippen molar-refractivity contribution in [1.29, 1.82) is 0 Å². The number of likely N-dealkylation sites (tertiary alicyclic amines) is 1. The van der Waals surface area contributed by atoms with Crippen molar-refractivity contribution < 1.29 is 33.8 Å². The summed E-state index contributed by atoms with van der Waals surface area (Å²) in [6.45, 7) is 19.2. The van der Waals surface area contributed by atoms with Crippen LogP contribution in [0.4, 0.5) is 17.1 Å². The lowest BCUT2D eigenvalue weighted by Gasteiger charge is -2.35. The quantitative estimate of drug-likeness (QED) is 0.0467. The van der Waals surface area contributed by atoms with Crippen LogP contribution < -0.4 is 25.2 Å². The number of carbonyl (C=O) groups excluding carboxylic acids is 4. The number of hydrogen-bond donors (Lipinski definition) is 3. The normalized spacial score (nSPS) is 17.2. The molecular weight excluding hydrogens is 934 g/mol. The standard InChI is InChI=1S/C52H56ClN7O7S2/c1-32-45(69-31-56-32)36-12-10-33(11-13-36)28-55-47(63)43-27-39(61)29-58(43)48(64)46(51(2,3)4)57-44(62)30-66-24-8-9-25-67-40-21-16-35(17-22-40)34-14-18-37(19-15-34)60-50(68)59(49(65)52(60,5)6)38-20-23-42(54-7)41(53)26-38/h10-23,26,31,39,43,46,61H,8-9,24-25,27-30H2,1-6H3,(H,55,63)(H,57,62)/t39-,43+,46-/m1/s1. The van der Waals surface area contributed by atoms with E-state index in [1.807, 2.05) is 125 Å². The van der Waals surface area contributed by atoms with Gasteiger partial charge in [0.1, 0.15) is 30.0 Å².